The van der Waals surface area contributed by atoms with E-state index in [-0.39, 0.29) is 35.6 Å². The predicted molar refractivity (Wildman–Crippen MR) is 105 cm³/mol. The summed E-state index contributed by atoms with van der Waals surface area (Å²) in [5.41, 5.74) is 0.790. The SMILES string of the molecule is COCCCNC(=O)C1CCC2O/C(=C\c3ccccc3OC)C(=O)NC2C1. The number of morpholine rings is 1. The Kier molecular flexibility index (Phi) is 6.92. The van der Waals surface area contributed by atoms with Gasteiger partial charge in [-0.3, -0.25) is 9.59 Å². The van der Waals surface area contributed by atoms with Crippen LogP contribution in [-0.2, 0) is 19.1 Å². The van der Waals surface area contributed by atoms with Gasteiger partial charge in [0.1, 0.15) is 11.9 Å². The number of hydrogen-bond acceptors (Lipinski definition) is 5. The number of carbonyl (C=O) groups excluding carboxylic acids is 2. The molecule has 1 aromatic rings. The van der Waals surface area contributed by atoms with Gasteiger partial charge in [0.25, 0.3) is 5.91 Å². The second kappa shape index (κ2) is 9.59. The fraction of sp³-hybridized carbons (Fsp3) is 0.524. The van der Waals surface area contributed by atoms with Crippen molar-refractivity contribution in [3.63, 3.8) is 0 Å². The molecule has 1 saturated carbocycles. The number of methoxy groups -OCH3 is 2. The molecular formula is C21H28N2O5. The zero-order chi connectivity index (χ0) is 19.9. The Morgan fingerprint density at radius 1 is 1.32 bits per heavy atom. The molecule has 3 unspecified atom stereocenters. The highest BCUT2D eigenvalue weighted by atomic mass is 16.5. The third-order valence-corrected chi connectivity index (χ3v) is 5.23. The number of benzene rings is 1. The molecule has 1 saturated heterocycles. The number of rotatable bonds is 7. The molecule has 7 heteroatoms. The lowest BCUT2D eigenvalue weighted by Crippen LogP contribution is -2.54. The Balaban J connectivity index is 1.60. The van der Waals surface area contributed by atoms with Crippen molar-refractivity contribution in [1.82, 2.24) is 10.6 Å². The standard InChI is InChI=1S/C21H28N2O5/c1-26-11-5-10-22-20(24)15-8-9-18-16(12-15)23-21(25)19(28-18)13-14-6-3-4-7-17(14)27-2/h3-4,6-7,13,15-16,18H,5,8-12H2,1-2H3,(H,22,24)(H,23,25)/b19-13-. The summed E-state index contributed by atoms with van der Waals surface area (Å²) in [4.78, 5) is 24.9. The van der Waals surface area contributed by atoms with Crippen molar-refractivity contribution >= 4 is 17.9 Å². The number of amides is 2. The van der Waals surface area contributed by atoms with Gasteiger partial charge in [0.05, 0.1) is 13.2 Å². The third kappa shape index (κ3) is 4.84. The molecule has 0 radical (unpaired) electrons. The van der Waals surface area contributed by atoms with Gasteiger partial charge >= 0.3 is 0 Å². The molecule has 0 bridgehead atoms. The molecule has 2 amide bonds. The van der Waals surface area contributed by atoms with E-state index in [1.165, 1.54) is 0 Å². The highest BCUT2D eigenvalue weighted by molar-refractivity contribution is 5.97. The van der Waals surface area contributed by atoms with Crippen molar-refractivity contribution in [3.8, 4) is 5.75 Å². The van der Waals surface area contributed by atoms with Crippen LogP contribution >= 0.6 is 0 Å². The summed E-state index contributed by atoms with van der Waals surface area (Å²) in [6.45, 7) is 1.23. The molecule has 28 heavy (non-hydrogen) atoms. The Hall–Kier alpha value is -2.54. The van der Waals surface area contributed by atoms with E-state index in [2.05, 4.69) is 10.6 Å². The lowest BCUT2D eigenvalue weighted by molar-refractivity contribution is -0.134. The van der Waals surface area contributed by atoms with Crippen molar-refractivity contribution in [1.29, 1.82) is 0 Å². The van der Waals surface area contributed by atoms with Gasteiger partial charge in [-0.15, -0.1) is 0 Å². The summed E-state index contributed by atoms with van der Waals surface area (Å²) in [6, 6.07) is 7.33. The lowest BCUT2D eigenvalue weighted by atomic mass is 9.82. The average Bonchev–Trinajstić information content (AvgIpc) is 2.71. The van der Waals surface area contributed by atoms with Crippen LogP contribution in [0.15, 0.2) is 30.0 Å². The van der Waals surface area contributed by atoms with Crippen molar-refractivity contribution in [2.45, 2.75) is 37.8 Å². The van der Waals surface area contributed by atoms with E-state index in [1.54, 1.807) is 20.3 Å². The van der Waals surface area contributed by atoms with Crippen LogP contribution < -0.4 is 15.4 Å². The van der Waals surface area contributed by atoms with Gasteiger partial charge < -0.3 is 24.8 Å². The van der Waals surface area contributed by atoms with Gasteiger partial charge in [-0.25, -0.2) is 0 Å². The molecule has 3 rings (SSSR count). The Morgan fingerprint density at radius 3 is 2.93 bits per heavy atom. The second-order valence-electron chi connectivity index (χ2n) is 7.13. The van der Waals surface area contributed by atoms with Crippen LogP contribution in [0.3, 0.4) is 0 Å². The minimum Gasteiger partial charge on any atom is -0.496 e. The smallest absolute Gasteiger partial charge is 0.286 e. The average molecular weight is 388 g/mol. The number of fused-ring (bicyclic) bond motifs is 1. The molecule has 2 fully saturated rings. The third-order valence-electron chi connectivity index (χ3n) is 5.23. The van der Waals surface area contributed by atoms with Crippen LogP contribution in [0, 0.1) is 5.92 Å². The maximum Gasteiger partial charge on any atom is 0.286 e. The topological polar surface area (TPSA) is 85.9 Å². The lowest BCUT2D eigenvalue weighted by Gasteiger charge is -2.39. The second-order valence-corrected chi connectivity index (χ2v) is 7.13. The number of hydrogen-bond donors (Lipinski definition) is 2. The van der Waals surface area contributed by atoms with E-state index < -0.39 is 0 Å². The number of ether oxygens (including phenoxy) is 3. The van der Waals surface area contributed by atoms with E-state index >= 15 is 0 Å². The number of carbonyl (C=O) groups is 2. The fourth-order valence-electron chi connectivity index (χ4n) is 3.73. The molecule has 1 aliphatic heterocycles. The van der Waals surface area contributed by atoms with E-state index in [9.17, 15) is 9.59 Å². The molecule has 0 spiro atoms. The van der Waals surface area contributed by atoms with Crippen molar-refractivity contribution in [2.24, 2.45) is 5.92 Å². The summed E-state index contributed by atoms with van der Waals surface area (Å²) in [6.07, 6.45) is 4.45. The maximum absolute atomic E-state index is 12.5. The van der Waals surface area contributed by atoms with E-state index in [4.69, 9.17) is 14.2 Å². The summed E-state index contributed by atoms with van der Waals surface area (Å²) >= 11 is 0. The summed E-state index contributed by atoms with van der Waals surface area (Å²) in [5.74, 6) is 0.649. The molecular weight excluding hydrogens is 360 g/mol. The monoisotopic (exact) mass is 388 g/mol. The molecule has 0 aromatic heterocycles. The predicted octanol–water partition coefficient (Wildman–Crippen LogP) is 1.87. The van der Waals surface area contributed by atoms with E-state index in [0.717, 1.165) is 24.8 Å². The van der Waals surface area contributed by atoms with Gasteiger partial charge in [-0.05, 0) is 37.8 Å². The van der Waals surface area contributed by atoms with Crippen LogP contribution in [0.5, 0.6) is 5.75 Å². The highest BCUT2D eigenvalue weighted by Crippen LogP contribution is 2.32. The molecule has 1 aliphatic carbocycles. The Morgan fingerprint density at radius 2 is 2.14 bits per heavy atom. The number of para-hydroxylation sites is 1. The highest BCUT2D eigenvalue weighted by Gasteiger charge is 2.40. The first-order valence-electron chi connectivity index (χ1n) is 9.71. The van der Waals surface area contributed by atoms with Crippen molar-refractivity contribution in [2.75, 3.05) is 27.4 Å². The summed E-state index contributed by atoms with van der Waals surface area (Å²) in [5, 5.41) is 5.96. The van der Waals surface area contributed by atoms with Crippen molar-refractivity contribution < 1.29 is 23.8 Å². The first kappa shape index (κ1) is 20.2. The van der Waals surface area contributed by atoms with Gasteiger partial charge in [0.15, 0.2) is 5.76 Å². The van der Waals surface area contributed by atoms with Crippen LogP contribution in [0.25, 0.3) is 6.08 Å². The minimum atomic E-state index is -0.256. The molecule has 2 N–H and O–H groups in total. The van der Waals surface area contributed by atoms with Crippen LogP contribution in [-0.4, -0.2) is 51.3 Å². The zero-order valence-corrected chi connectivity index (χ0v) is 16.4. The molecule has 7 nitrogen and oxygen atoms in total. The fourth-order valence-corrected chi connectivity index (χ4v) is 3.73. The largest absolute Gasteiger partial charge is 0.496 e. The summed E-state index contributed by atoms with van der Waals surface area (Å²) < 4.78 is 16.3. The van der Waals surface area contributed by atoms with Gasteiger partial charge in [-0.2, -0.15) is 0 Å². The Labute approximate surface area is 165 Å². The van der Waals surface area contributed by atoms with Gasteiger partial charge in [-0.1, -0.05) is 18.2 Å². The molecule has 1 heterocycles. The maximum atomic E-state index is 12.5. The van der Waals surface area contributed by atoms with Gasteiger partial charge in [0, 0.05) is 31.7 Å². The van der Waals surface area contributed by atoms with E-state index in [0.29, 0.717) is 25.3 Å². The van der Waals surface area contributed by atoms with E-state index in [1.807, 2.05) is 24.3 Å². The molecule has 1 aromatic carbocycles. The molecule has 3 atom stereocenters. The Bertz CT molecular complexity index is 733. The van der Waals surface area contributed by atoms with Crippen molar-refractivity contribution in [3.05, 3.63) is 35.6 Å². The van der Waals surface area contributed by atoms with Crippen LogP contribution in [0.4, 0.5) is 0 Å². The quantitative estimate of drug-likeness (QED) is 0.550. The van der Waals surface area contributed by atoms with Gasteiger partial charge in [0.2, 0.25) is 5.91 Å². The molecule has 152 valence electrons. The van der Waals surface area contributed by atoms with Crippen LogP contribution in [0.2, 0.25) is 0 Å². The van der Waals surface area contributed by atoms with Crippen LogP contribution in [0.1, 0.15) is 31.2 Å². The number of nitrogens with one attached hydrogen (secondary N) is 2. The molecule has 2 aliphatic rings. The minimum absolute atomic E-state index is 0.0409. The first-order chi connectivity index (χ1) is 13.6. The summed E-state index contributed by atoms with van der Waals surface area (Å²) in [7, 11) is 3.24. The normalized spacial score (nSPS) is 25.4. The first-order valence-corrected chi connectivity index (χ1v) is 9.71. The zero-order valence-electron chi connectivity index (χ0n) is 16.4.